The summed E-state index contributed by atoms with van der Waals surface area (Å²) in [5.74, 6) is 1.05. The quantitative estimate of drug-likeness (QED) is 0.486. The fourth-order valence-electron chi connectivity index (χ4n) is 3.05. The number of benzene rings is 2. The zero-order valence-corrected chi connectivity index (χ0v) is 13.7. The third-order valence-electron chi connectivity index (χ3n) is 4.17. The van der Waals surface area contributed by atoms with Crippen LogP contribution in [0.3, 0.4) is 0 Å². The van der Waals surface area contributed by atoms with Crippen LogP contribution < -0.4 is 0 Å². The van der Waals surface area contributed by atoms with Gasteiger partial charge in [-0.05, 0) is 35.9 Å². The maximum Gasteiger partial charge on any atom is 0.416 e. The predicted molar refractivity (Wildman–Crippen MR) is 85.6 cm³/mol. The van der Waals surface area contributed by atoms with Crippen LogP contribution in [0.2, 0.25) is 0 Å². The highest BCUT2D eigenvalue weighted by Gasteiger charge is 2.38. The molecule has 26 heavy (non-hydrogen) atoms. The summed E-state index contributed by atoms with van der Waals surface area (Å²) in [5.41, 5.74) is -1.31. The predicted octanol–water partition coefficient (Wildman–Crippen LogP) is 5.87. The minimum absolute atomic E-state index is 0.0425. The number of para-hydroxylation sites is 2. The van der Waals surface area contributed by atoms with E-state index in [2.05, 4.69) is 4.98 Å². The molecule has 1 atom stereocenters. The summed E-state index contributed by atoms with van der Waals surface area (Å²) in [6.45, 7) is 0. The lowest BCUT2D eigenvalue weighted by Gasteiger charge is -2.19. The first kappa shape index (κ1) is 17.3. The SMILES string of the molecule is FC(F)(F)c1cc([C@@H]2SCc3nc4ccccc4n32)cc(C(F)(F)F)c1. The maximum atomic E-state index is 13.1. The molecule has 0 fully saturated rings. The topological polar surface area (TPSA) is 17.8 Å². The molecule has 3 aromatic rings. The molecule has 2 nitrogen and oxygen atoms in total. The molecule has 0 aliphatic carbocycles. The average molecular weight is 388 g/mol. The lowest BCUT2D eigenvalue weighted by atomic mass is 10.0. The molecule has 0 radical (unpaired) electrons. The van der Waals surface area contributed by atoms with Crippen LogP contribution in [0, 0.1) is 0 Å². The van der Waals surface area contributed by atoms with Gasteiger partial charge in [-0.15, -0.1) is 11.8 Å². The molecule has 0 saturated carbocycles. The van der Waals surface area contributed by atoms with Gasteiger partial charge in [-0.1, -0.05) is 12.1 Å². The molecule has 0 unspecified atom stereocenters. The van der Waals surface area contributed by atoms with Crippen molar-refractivity contribution in [2.24, 2.45) is 0 Å². The molecule has 9 heteroatoms. The third kappa shape index (κ3) is 2.84. The Hall–Kier alpha value is -2.16. The Kier molecular flexibility index (Phi) is 3.76. The van der Waals surface area contributed by atoms with Crippen molar-refractivity contribution in [1.29, 1.82) is 0 Å². The highest BCUT2D eigenvalue weighted by Crippen LogP contribution is 2.45. The molecule has 2 heterocycles. The van der Waals surface area contributed by atoms with Gasteiger partial charge >= 0.3 is 12.4 Å². The number of alkyl halides is 6. The van der Waals surface area contributed by atoms with E-state index in [0.717, 1.165) is 12.1 Å². The first-order chi connectivity index (χ1) is 12.1. The normalized spacial score (nSPS) is 17.7. The second-order valence-electron chi connectivity index (χ2n) is 5.89. The van der Waals surface area contributed by atoms with Crippen LogP contribution in [0.4, 0.5) is 26.3 Å². The van der Waals surface area contributed by atoms with E-state index in [4.69, 9.17) is 0 Å². The van der Waals surface area contributed by atoms with Crippen LogP contribution in [0.25, 0.3) is 11.0 Å². The van der Waals surface area contributed by atoms with Gasteiger partial charge in [-0.3, -0.25) is 0 Å². The van der Waals surface area contributed by atoms with Crippen LogP contribution >= 0.6 is 11.8 Å². The molecule has 0 bridgehead atoms. The highest BCUT2D eigenvalue weighted by atomic mass is 32.2. The number of fused-ring (bicyclic) bond motifs is 3. The maximum absolute atomic E-state index is 13.1. The van der Waals surface area contributed by atoms with Gasteiger partial charge in [0.05, 0.1) is 27.9 Å². The Bertz CT molecular complexity index is 957. The first-order valence-electron chi connectivity index (χ1n) is 7.51. The van der Waals surface area contributed by atoms with Crippen LogP contribution in [0.5, 0.6) is 0 Å². The number of thioether (sulfide) groups is 1. The molecule has 1 aliphatic rings. The fraction of sp³-hybridized carbons (Fsp3) is 0.235. The van der Waals surface area contributed by atoms with Crippen molar-refractivity contribution >= 4 is 22.8 Å². The number of halogens is 6. The monoisotopic (exact) mass is 388 g/mol. The lowest BCUT2D eigenvalue weighted by Crippen LogP contribution is -2.13. The number of aromatic nitrogens is 2. The smallest absolute Gasteiger partial charge is 0.310 e. The van der Waals surface area contributed by atoms with Crippen LogP contribution in [-0.4, -0.2) is 9.55 Å². The number of hydrogen-bond donors (Lipinski definition) is 0. The highest BCUT2D eigenvalue weighted by molar-refractivity contribution is 7.99. The van der Waals surface area contributed by atoms with Gasteiger partial charge in [0, 0.05) is 0 Å². The van der Waals surface area contributed by atoms with Crippen LogP contribution in [0.1, 0.15) is 27.9 Å². The van der Waals surface area contributed by atoms with Gasteiger partial charge < -0.3 is 4.57 Å². The first-order valence-corrected chi connectivity index (χ1v) is 8.56. The minimum atomic E-state index is -4.86. The second kappa shape index (κ2) is 5.67. The molecule has 1 aliphatic heterocycles. The molecule has 0 amide bonds. The summed E-state index contributed by atoms with van der Waals surface area (Å²) < 4.78 is 80.4. The van der Waals surface area contributed by atoms with Gasteiger partial charge in [-0.25, -0.2) is 4.98 Å². The molecule has 2 aromatic carbocycles. The van der Waals surface area contributed by atoms with Crippen LogP contribution in [-0.2, 0) is 18.1 Å². The summed E-state index contributed by atoms with van der Waals surface area (Å²) in [7, 11) is 0. The molecular formula is C17H10F6N2S. The van der Waals surface area contributed by atoms with Gasteiger partial charge in [0.1, 0.15) is 11.2 Å². The number of nitrogens with zero attached hydrogens (tertiary/aromatic N) is 2. The van der Waals surface area contributed by atoms with E-state index in [1.165, 1.54) is 11.8 Å². The molecule has 0 spiro atoms. The van der Waals surface area contributed by atoms with Crippen molar-refractivity contribution in [3.8, 4) is 0 Å². The molecule has 136 valence electrons. The summed E-state index contributed by atoms with van der Waals surface area (Å²) in [6.07, 6.45) is -9.72. The molecule has 4 rings (SSSR count). The van der Waals surface area contributed by atoms with E-state index in [-0.39, 0.29) is 11.6 Å². The van der Waals surface area contributed by atoms with Crippen LogP contribution in [0.15, 0.2) is 42.5 Å². The van der Waals surface area contributed by atoms with Crippen molar-refractivity contribution in [3.05, 3.63) is 65.0 Å². The zero-order valence-electron chi connectivity index (χ0n) is 12.9. The summed E-state index contributed by atoms with van der Waals surface area (Å²) in [6, 6.07) is 8.77. The Labute approximate surface area is 147 Å². The number of hydrogen-bond acceptors (Lipinski definition) is 2. The zero-order chi connectivity index (χ0) is 18.7. The minimum Gasteiger partial charge on any atom is -0.310 e. The van der Waals surface area contributed by atoms with Gasteiger partial charge in [-0.2, -0.15) is 26.3 Å². The molecule has 0 N–H and O–H groups in total. The van der Waals surface area contributed by atoms with E-state index in [1.807, 2.05) is 0 Å². The van der Waals surface area contributed by atoms with Gasteiger partial charge in [0.25, 0.3) is 0 Å². The van der Waals surface area contributed by atoms with Gasteiger partial charge in [0.15, 0.2) is 0 Å². The van der Waals surface area contributed by atoms with E-state index in [9.17, 15) is 26.3 Å². The summed E-state index contributed by atoms with van der Waals surface area (Å²) in [5, 5.41) is -0.694. The van der Waals surface area contributed by atoms with Crippen molar-refractivity contribution in [3.63, 3.8) is 0 Å². The Morgan fingerprint density at radius 1 is 0.923 bits per heavy atom. The van der Waals surface area contributed by atoms with Crippen molar-refractivity contribution < 1.29 is 26.3 Å². The molecule has 1 aromatic heterocycles. The van der Waals surface area contributed by atoms with E-state index in [1.54, 1.807) is 28.8 Å². The molecular weight excluding hydrogens is 378 g/mol. The Morgan fingerprint density at radius 2 is 1.54 bits per heavy atom. The number of imidazole rings is 1. The standard InChI is InChI=1S/C17H10F6N2S/c18-16(19,20)10-5-9(6-11(7-10)17(21,22)23)15-25-13-4-2-1-3-12(13)24-14(25)8-26-15/h1-7,15H,8H2/t15-/m0/s1. The van der Waals surface area contributed by atoms with Crippen molar-refractivity contribution in [2.45, 2.75) is 23.5 Å². The van der Waals surface area contributed by atoms with Crippen molar-refractivity contribution in [1.82, 2.24) is 9.55 Å². The second-order valence-corrected chi connectivity index (χ2v) is 6.96. The van der Waals surface area contributed by atoms with E-state index >= 15 is 0 Å². The van der Waals surface area contributed by atoms with E-state index in [0.29, 0.717) is 22.6 Å². The molecule has 0 saturated heterocycles. The van der Waals surface area contributed by atoms with Crippen molar-refractivity contribution in [2.75, 3.05) is 0 Å². The average Bonchev–Trinajstić information content (AvgIpc) is 3.11. The summed E-state index contributed by atoms with van der Waals surface area (Å²) in [4.78, 5) is 4.41. The summed E-state index contributed by atoms with van der Waals surface area (Å²) >= 11 is 1.25. The Morgan fingerprint density at radius 3 is 2.15 bits per heavy atom. The van der Waals surface area contributed by atoms with E-state index < -0.39 is 28.9 Å². The Balaban J connectivity index is 1.90. The largest absolute Gasteiger partial charge is 0.416 e. The lowest BCUT2D eigenvalue weighted by molar-refractivity contribution is -0.143. The van der Waals surface area contributed by atoms with Gasteiger partial charge in [0.2, 0.25) is 0 Å². The number of rotatable bonds is 1. The fourth-order valence-corrected chi connectivity index (χ4v) is 4.28. The third-order valence-corrected chi connectivity index (χ3v) is 5.39.